The number of aromatic nitrogens is 1. The molecule has 3 rings (SSSR count). The van der Waals surface area contributed by atoms with E-state index < -0.39 is 0 Å². The molecule has 2 atom stereocenters. The fourth-order valence-electron chi connectivity index (χ4n) is 2.83. The molecule has 19 heavy (non-hydrogen) atoms. The van der Waals surface area contributed by atoms with E-state index in [1.54, 1.807) is 0 Å². The summed E-state index contributed by atoms with van der Waals surface area (Å²) < 4.78 is 0.754. The van der Waals surface area contributed by atoms with Crippen LogP contribution in [0, 0.1) is 6.92 Å². The molecule has 98 valence electrons. The monoisotopic (exact) mass is 366 g/mol. The highest BCUT2D eigenvalue weighted by atomic mass is 127. The van der Waals surface area contributed by atoms with Crippen molar-refractivity contribution in [1.82, 2.24) is 7.68 Å². The summed E-state index contributed by atoms with van der Waals surface area (Å²) in [6.45, 7) is 4.44. The lowest BCUT2D eigenvalue weighted by Crippen LogP contribution is -2.45. The van der Waals surface area contributed by atoms with Crippen LogP contribution in [0.4, 0.5) is 17.1 Å². The SMILES string of the molecule is Cc1ccccc1[N+]1(I)c2cnccc2N(C)[C@@H]1C. The van der Waals surface area contributed by atoms with E-state index in [1.807, 2.05) is 12.4 Å². The Morgan fingerprint density at radius 1 is 1.21 bits per heavy atom. The van der Waals surface area contributed by atoms with Gasteiger partial charge in [0.25, 0.3) is 22.9 Å². The molecule has 2 aromatic rings. The zero-order valence-electron chi connectivity index (χ0n) is 11.3. The summed E-state index contributed by atoms with van der Waals surface area (Å²) in [4.78, 5) is 6.66. The first-order valence-electron chi connectivity index (χ1n) is 6.39. The van der Waals surface area contributed by atoms with Gasteiger partial charge in [-0.1, -0.05) is 18.2 Å². The first kappa shape index (κ1) is 12.9. The topological polar surface area (TPSA) is 16.1 Å². The minimum absolute atomic E-state index is 0.348. The van der Waals surface area contributed by atoms with Crippen molar-refractivity contribution in [3.63, 3.8) is 0 Å². The molecule has 4 heteroatoms. The summed E-state index contributed by atoms with van der Waals surface area (Å²) >= 11 is 2.55. The summed E-state index contributed by atoms with van der Waals surface area (Å²) in [6, 6.07) is 10.7. The fourth-order valence-corrected chi connectivity index (χ4v) is 4.12. The summed E-state index contributed by atoms with van der Waals surface area (Å²) in [5.41, 5.74) is 5.16. The van der Waals surface area contributed by atoms with E-state index in [1.165, 1.54) is 22.6 Å². The van der Waals surface area contributed by atoms with Crippen molar-refractivity contribution in [2.45, 2.75) is 20.0 Å². The summed E-state index contributed by atoms with van der Waals surface area (Å²) in [6.07, 6.45) is 4.21. The maximum Gasteiger partial charge on any atom is 0.262 e. The van der Waals surface area contributed by atoms with E-state index in [4.69, 9.17) is 0 Å². The van der Waals surface area contributed by atoms with Gasteiger partial charge in [0.05, 0.1) is 6.20 Å². The molecule has 1 unspecified atom stereocenters. The van der Waals surface area contributed by atoms with Crippen LogP contribution in [0.5, 0.6) is 0 Å². The van der Waals surface area contributed by atoms with Gasteiger partial charge in [-0.05, 0) is 13.0 Å². The number of pyridine rings is 1. The molecule has 1 aromatic heterocycles. The minimum Gasteiger partial charge on any atom is -0.320 e. The van der Waals surface area contributed by atoms with E-state index in [2.05, 4.69) is 84.0 Å². The van der Waals surface area contributed by atoms with Crippen molar-refractivity contribution in [3.8, 4) is 0 Å². The fraction of sp³-hybridized carbons (Fsp3) is 0.267. The molecular formula is C15H17IN3+. The number of hydrogen-bond donors (Lipinski definition) is 0. The molecule has 0 spiro atoms. The quantitative estimate of drug-likeness (QED) is 0.556. The van der Waals surface area contributed by atoms with Crippen molar-refractivity contribution < 1.29 is 0 Å². The van der Waals surface area contributed by atoms with Crippen LogP contribution in [0.15, 0.2) is 42.7 Å². The number of nitrogens with zero attached hydrogens (tertiary/aromatic N) is 3. The van der Waals surface area contributed by atoms with Gasteiger partial charge in [-0.2, -0.15) is 2.70 Å². The Bertz CT molecular complexity index is 628. The van der Waals surface area contributed by atoms with Crippen molar-refractivity contribution in [1.29, 1.82) is 0 Å². The van der Waals surface area contributed by atoms with Crippen molar-refractivity contribution in [3.05, 3.63) is 48.3 Å². The van der Waals surface area contributed by atoms with Gasteiger partial charge in [0.1, 0.15) is 11.4 Å². The van der Waals surface area contributed by atoms with Gasteiger partial charge in [0.15, 0.2) is 11.9 Å². The molecule has 2 heterocycles. The molecule has 3 nitrogen and oxygen atoms in total. The van der Waals surface area contributed by atoms with Crippen LogP contribution in [0.3, 0.4) is 0 Å². The molecule has 0 aliphatic carbocycles. The number of aryl methyl sites for hydroxylation is 1. The van der Waals surface area contributed by atoms with E-state index >= 15 is 0 Å². The number of benzene rings is 1. The Hall–Kier alpha value is -1.14. The maximum atomic E-state index is 4.33. The normalized spacial score (nSPS) is 25.5. The standard InChI is InChI=1S/C15H17IN3/c1-11-6-4-5-7-14(11)19(16)12(2)18(3)13-8-9-17-10-15(13)19/h4-10,12H,1-3H3/q+1/t12-,19?/m0/s1. The van der Waals surface area contributed by atoms with Crippen LogP contribution < -0.4 is 7.60 Å². The maximum absolute atomic E-state index is 4.33. The number of anilines is 1. The van der Waals surface area contributed by atoms with Gasteiger partial charge < -0.3 is 4.90 Å². The van der Waals surface area contributed by atoms with E-state index in [0.717, 1.165) is 2.70 Å². The van der Waals surface area contributed by atoms with Gasteiger partial charge in [0.2, 0.25) is 0 Å². The molecule has 0 fully saturated rings. The van der Waals surface area contributed by atoms with Crippen LogP contribution in [-0.2, 0) is 0 Å². The second kappa shape index (κ2) is 4.45. The number of halogens is 1. The highest BCUT2D eigenvalue weighted by Crippen LogP contribution is 2.53. The van der Waals surface area contributed by atoms with E-state index in [9.17, 15) is 0 Å². The Balaban J connectivity index is 2.27. The van der Waals surface area contributed by atoms with E-state index in [-0.39, 0.29) is 0 Å². The summed E-state index contributed by atoms with van der Waals surface area (Å²) in [7, 11) is 2.15. The summed E-state index contributed by atoms with van der Waals surface area (Å²) in [5, 5.41) is 0. The van der Waals surface area contributed by atoms with Crippen LogP contribution in [0.1, 0.15) is 12.5 Å². The predicted molar refractivity (Wildman–Crippen MR) is 88.8 cm³/mol. The number of para-hydroxylation sites is 1. The lowest BCUT2D eigenvalue weighted by atomic mass is 10.1. The molecular weight excluding hydrogens is 349 g/mol. The van der Waals surface area contributed by atoms with Crippen LogP contribution in [0.25, 0.3) is 0 Å². The van der Waals surface area contributed by atoms with Gasteiger partial charge in [0, 0.05) is 31.8 Å². The third-order valence-corrected chi connectivity index (χ3v) is 5.90. The Kier molecular flexibility index (Phi) is 3.02. The van der Waals surface area contributed by atoms with Crippen molar-refractivity contribution in [2.24, 2.45) is 0 Å². The molecule has 0 bridgehead atoms. The Labute approximate surface area is 128 Å². The second-order valence-electron chi connectivity index (χ2n) is 5.03. The van der Waals surface area contributed by atoms with Gasteiger partial charge >= 0.3 is 0 Å². The molecule has 1 aliphatic heterocycles. The van der Waals surface area contributed by atoms with E-state index in [0.29, 0.717) is 6.17 Å². The third-order valence-electron chi connectivity index (χ3n) is 4.05. The lowest BCUT2D eigenvalue weighted by molar-refractivity contribution is 0.529. The Morgan fingerprint density at radius 2 is 1.95 bits per heavy atom. The van der Waals surface area contributed by atoms with Gasteiger partial charge in [-0.3, -0.25) is 4.98 Å². The zero-order chi connectivity index (χ0) is 13.6. The molecule has 0 radical (unpaired) electrons. The average molecular weight is 366 g/mol. The highest BCUT2D eigenvalue weighted by molar-refractivity contribution is 14.1. The molecule has 1 aromatic carbocycles. The number of hydrogen-bond acceptors (Lipinski definition) is 2. The summed E-state index contributed by atoms with van der Waals surface area (Å²) in [5.74, 6) is 0. The van der Waals surface area contributed by atoms with Gasteiger partial charge in [-0.25, -0.2) is 0 Å². The third kappa shape index (κ3) is 1.70. The second-order valence-corrected chi connectivity index (χ2v) is 6.55. The van der Waals surface area contributed by atoms with Crippen LogP contribution in [0.2, 0.25) is 0 Å². The highest BCUT2D eigenvalue weighted by Gasteiger charge is 2.49. The molecule has 1 aliphatic rings. The van der Waals surface area contributed by atoms with Crippen molar-refractivity contribution in [2.75, 3.05) is 11.9 Å². The Morgan fingerprint density at radius 3 is 2.68 bits per heavy atom. The predicted octanol–water partition coefficient (Wildman–Crippen LogP) is 4.17. The first-order chi connectivity index (χ1) is 9.06. The number of quaternary nitrogens is 1. The minimum atomic E-state index is 0.348. The van der Waals surface area contributed by atoms with Gasteiger partial charge in [-0.15, -0.1) is 0 Å². The zero-order valence-corrected chi connectivity index (χ0v) is 13.5. The smallest absolute Gasteiger partial charge is 0.262 e. The molecule has 0 N–H and O–H groups in total. The molecule has 0 saturated carbocycles. The molecule has 0 amide bonds. The first-order valence-corrected chi connectivity index (χ1v) is 7.35. The van der Waals surface area contributed by atoms with Crippen LogP contribution in [-0.4, -0.2) is 18.2 Å². The van der Waals surface area contributed by atoms with Crippen molar-refractivity contribution >= 4 is 39.9 Å². The largest absolute Gasteiger partial charge is 0.320 e. The average Bonchev–Trinajstić information content (AvgIpc) is 2.63. The molecule has 0 saturated heterocycles. The lowest BCUT2D eigenvalue weighted by Gasteiger charge is -2.32. The van der Waals surface area contributed by atoms with Crippen LogP contribution >= 0.6 is 22.9 Å². The number of fused-ring (bicyclic) bond motifs is 1. The number of rotatable bonds is 1.